The fourth-order valence-electron chi connectivity index (χ4n) is 5.08. The first-order valence-electron chi connectivity index (χ1n) is 9.64. The predicted octanol–water partition coefficient (Wildman–Crippen LogP) is 6.82. The van der Waals surface area contributed by atoms with E-state index in [0.29, 0.717) is 11.8 Å². The minimum atomic E-state index is -0.611. The molecule has 0 saturated heterocycles. The molecule has 130 valence electrons. The number of thiophene rings is 2. The van der Waals surface area contributed by atoms with Gasteiger partial charge in [-0.1, -0.05) is 44.6 Å². The fraction of sp³-hybridized carbons (Fsp3) is 0.619. The molecule has 2 aliphatic rings. The summed E-state index contributed by atoms with van der Waals surface area (Å²) in [6.45, 7) is 0. The summed E-state index contributed by atoms with van der Waals surface area (Å²) in [5, 5.41) is 16.6. The SMILES string of the molecule is OC(c1ccsc1-c1cccs1)(C1CCCCC1)C1CCCCC1. The van der Waals surface area contributed by atoms with Crippen LogP contribution < -0.4 is 0 Å². The van der Waals surface area contributed by atoms with Gasteiger partial charge in [-0.25, -0.2) is 0 Å². The number of rotatable bonds is 4. The molecule has 0 radical (unpaired) electrons. The second-order valence-corrected chi connectivity index (χ2v) is 9.50. The van der Waals surface area contributed by atoms with Gasteiger partial charge in [-0.3, -0.25) is 0 Å². The molecular formula is C21H28OS2. The van der Waals surface area contributed by atoms with E-state index in [9.17, 15) is 5.11 Å². The average molecular weight is 361 g/mol. The zero-order valence-corrected chi connectivity index (χ0v) is 16.0. The van der Waals surface area contributed by atoms with E-state index >= 15 is 0 Å². The summed E-state index contributed by atoms with van der Waals surface area (Å²) >= 11 is 3.62. The Kier molecular flexibility index (Phi) is 5.12. The fourth-order valence-corrected chi connectivity index (χ4v) is 6.93. The molecule has 2 aliphatic carbocycles. The Morgan fingerprint density at radius 3 is 1.96 bits per heavy atom. The molecule has 1 N–H and O–H groups in total. The van der Waals surface area contributed by atoms with Gasteiger partial charge in [-0.15, -0.1) is 22.7 Å². The zero-order chi connectivity index (χ0) is 16.4. The third-order valence-corrected chi connectivity index (χ3v) is 8.26. The van der Waals surface area contributed by atoms with Gasteiger partial charge in [0.05, 0.1) is 10.5 Å². The zero-order valence-electron chi connectivity index (χ0n) is 14.4. The summed E-state index contributed by atoms with van der Waals surface area (Å²) in [7, 11) is 0. The minimum Gasteiger partial charge on any atom is -0.385 e. The second kappa shape index (κ2) is 7.31. The summed E-state index contributed by atoms with van der Waals surface area (Å²) in [5.41, 5.74) is 0.633. The van der Waals surface area contributed by atoms with Crippen molar-refractivity contribution in [3.63, 3.8) is 0 Å². The first kappa shape index (κ1) is 16.8. The summed E-state index contributed by atoms with van der Waals surface area (Å²) in [6, 6.07) is 6.58. The Morgan fingerprint density at radius 1 is 0.792 bits per heavy atom. The molecule has 2 aromatic rings. The van der Waals surface area contributed by atoms with Crippen LogP contribution in [0.3, 0.4) is 0 Å². The third-order valence-electron chi connectivity index (χ3n) is 6.30. The number of aliphatic hydroxyl groups is 1. The second-order valence-electron chi connectivity index (χ2n) is 7.64. The molecule has 0 spiro atoms. The van der Waals surface area contributed by atoms with Crippen molar-refractivity contribution in [1.29, 1.82) is 0 Å². The van der Waals surface area contributed by atoms with Gasteiger partial charge in [0, 0.05) is 10.4 Å². The van der Waals surface area contributed by atoms with Gasteiger partial charge in [0.15, 0.2) is 0 Å². The Balaban J connectivity index is 1.76. The summed E-state index contributed by atoms with van der Waals surface area (Å²) in [5.74, 6) is 0.894. The van der Waals surface area contributed by atoms with E-state index in [4.69, 9.17) is 0 Å². The molecule has 2 aromatic heterocycles. The van der Waals surface area contributed by atoms with E-state index in [1.807, 2.05) is 11.3 Å². The molecule has 3 heteroatoms. The molecule has 0 aliphatic heterocycles. The van der Waals surface area contributed by atoms with E-state index in [1.54, 1.807) is 11.3 Å². The van der Waals surface area contributed by atoms with E-state index in [-0.39, 0.29) is 0 Å². The first-order chi connectivity index (χ1) is 11.8. The molecule has 2 saturated carbocycles. The van der Waals surface area contributed by atoms with Crippen LogP contribution in [0.1, 0.15) is 69.8 Å². The highest BCUT2D eigenvalue weighted by molar-refractivity contribution is 7.20. The maximum Gasteiger partial charge on any atom is 0.0966 e. The Bertz CT molecular complexity index is 613. The van der Waals surface area contributed by atoms with Crippen molar-refractivity contribution in [3.05, 3.63) is 34.5 Å². The van der Waals surface area contributed by atoms with Gasteiger partial charge in [0.2, 0.25) is 0 Å². The van der Waals surface area contributed by atoms with Crippen LogP contribution in [0.2, 0.25) is 0 Å². The molecule has 2 fully saturated rings. The van der Waals surface area contributed by atoms with Gasteiger partial charge in [0.1, 0.15) is 0 Å². The van der Waals surface area contributed by atoms with Gasteiger partial charge < -0.3 is 5.11 Å². The molecule has 4 rings (SSSR count). The molecule has 0 bridgehead atoms. The lowest BCUT2D eigenvalue weighted by Gasteiger charge is -2.46. The Hall–Kier alpha value is -0.640. The molecule has 0 unspecified atom stereocenters. The molecule has 0 aromatic carbocycles. The van der Waals surface area contributed by atoms with Crippen molar-refractivity contribution in [2.75, 3.05) is 0 Å². The highest BCUT2D eigenvalue weighted by Crippen LogP contribution is 2.52. The van der Waals surface area contributed by atoms with E-state index < -0.39 is 5.60 Å². The molecule has 0 atom stereocenters. The number of hydrogen-bond acceptors (Lipinski definition) is 3. The van der Waals surface area contributed by atoms with Crippen molar-refractivity contribution >= 4 is 22.7 Å². The van der Waals surface area contributed by atoms with Crippen LogP contribution in [0.4, 0.5) is 0 Å². The van der Waals surface area contributed by atoms with Crippen LogP contribution in [0.15, 0.2) is 29.0 Å². The van der Waals surface area contributed by atoms with E-state index in [1.165, 1.54) is 79.5 Å². The number of hydrogen-bond donors (Lipinski definition) is 1. The molecule has 0 amide bonds. The van der Waals surface area contributed by atoms with Gasteiger partial charge in [0.25, 0.3) is 0 Å². The predicted molar refractivity (Wildman–Crippen MR) is 105 cm³/mol. The third kappa shape index (κ3) is 3.00. The molecule has 1 nitrogen and oxygen atoms in total. The van der Waals surface area contributed by atoms with Crippen molar-refractivity contribution in [1.82, 2.24) is 0 Å². The van der Waals surface area contributed by atoms with Gasteiger partial charge in [-0.05, 0) is 60.4 Å². The topological polar surface area (TPSA) is 20.2 Å². The highest BCUT2D eigenvalue weighted by atomic mass is 32.1. The van der Waals surface area contributed by atoms with Crippen LogP contribution in [-0.4, -0.2) is 5.11 Å². The maximum atomic E-state index is 12.2. The highest BCUT2D eigenvalue weighted by Gasteiger charge is 2.47. The summed E-state index contributed by atoms with van der Waals surface area (Å²) in [6.07, 6.45) is 12.7. The first-order valence-corrected chi connectivity index (χ1v) is 11.4. The molecular weight excluding hydrogens is 332 g/mol. The van der Waals surface area contributed by atoms with Crippen LogP contribution in [0.25, 0.3) is 9.75 Å². The monoisotopic (exact) mass is 360 g/mol. The normalized spacial score (nSPS) is 21.2. The van der Waals surface area contributed by atoms with Crippen LogP contribution in [-0.2, 0) is 5.60 Å². The Morgan fingerprint density at radius 2 is 1.42 bits per heavy atom. The van der Waals surface area contributed by atoms with Gasteiger partial charge >= 0.3 is 0 Å². The lowest BCUT2D eigenvalue weighted by molar-refractivity contribution is -0.0982. The largest absolute Gasteiger partial charge is 0.385 e. The van der Waals surface area contributed by atoms with Crippen LogP contribution in [0.5, 0.6) is 0 Å². The Labute approximate surface area is 153 Å². The average Bonchev–Trinajstić information content (AvgIpc) is 3.34. The van der Waals surface area contributed by atoms with E-state index in [2.05, 4.69) is 29.0 Å². The molecule has 2 heterocycles. The summed E-state index contributed by atoms with van der Waals surface area (Å²) < 4.78 is 0. The van der Waals surface area contributed by atoms with E-state index in [0.717, 1.165) is 0 Å². The van der Waals surface area contributed by atoms with Crippen molar-refractivity contribution in [3.8, 4) is 9.75 Å². The van der Waals surface area contributed by atoms with Crippen molar-refractivity contribution < 1.29 is 5.11 Å². The lowest BCUT2D eigenvalue weighted by Crippen LogP contribution is -2.44. The van der Waals surface area contributed by atoms with Crippen molar-refractivity contribution in [2.45, 2.75) is 69.8 Å². The van der Waals surface area contributed by atoms with Gasteiger partial charge in [-0.2, -0.15) is 0 Å². The minimum absolute atomic E-state index is 0.447. The maximum absolute atomic E-state index is 12.2. The van der Waals surface area contributed by atoms with Crippen LogP contribution in [0, 0.1) is 11.8 Å². The summed E-state index contributed by atoms with van der Waals surface area (Å²) in [4.78, 5) is 2.65. The van der Waals surface area contributed by atoms with Crippen LogP contribution >= 0.6 is 22.7 Å². The standard InChI is InChI=1S/C21H28OS2/c22-21(16-8-3-1-4-9-16,17-10-5-2-6-11-17)18-13-15-24-20(18)19-12-7-14-23-19/h7,12-17,22H,1-6,8-11H2. The quantitative estimate of drug-likeness (QED) is 0.634. The van der Waals surface area contributed by atoms with Crippen molar-refractivity contribution in [2.24, 2.45) is 11.8 Å². The lowest BCUT2D eigenvalue weighted by atomic mass is 9.63. The smallest absolute Gasteiger partial charge is 0.0966 e. The molecule has 24 heavy (non-hydrogen) atoms.